The van der Waals surface area contributed by atoms with E-state index in [4.69, 9.17) is 3.80 Å². The Morgan fingerprint density at radius 1 is 1.40 bits per heavy atom. The van der Waals surface area contributed by atoms with E-state index in [2.05, 4.69) is 0 Å². The molecule has 0 aliphatic carbocycles. The van der Waals surface area contributed by atoms with Gasteiger partial charge in [0, 0.05) is 0 Å². The second-order valence-corrected chi connectivity index (χ2v) is 0. The van der Waals surface area contributed by atoms with Crippen LogP contribution in [0, 0.1) is 0 Å². The number of rotatable bonds is 0. The molecular weight excluding hydrogens is 133 g/mol. The molecule has 0 saturated carbocycles. The van der Waals surface area contributed by atoms with Crippen LogP contribution in [0.4, 0.5) is 0 Å². The minimum absolute atomic E-state index is 0. The summed E-state index contributed by atoms with van der Waals surface area (Å²) in [4.78, 5) is 0. The molecule has 0 heterocycles. The van der Waals surface area contributed by atoms with Gasteiger partial charge < -0.3 is 1.43 Å². The Hall–Kier alpha value is 1.97. The number of hydrogen-bond donors (Lipinski definition) is 0. The van der Waals surface area contributed by atoms with Gasteiger partial charge in [-0.05, 0) is 0 Å². The normalized spacial score (nSPS) is 0.600. The molecule has 0 spiro atoms. The van der Waals surface area contributed by atoms with E-state index in [1.807, 2.05) is 0 Å². The maximum atomic E-state index is 8.17. The monoisotopic (exact) mass is 137 g/mol. The zero-order chi connectivity index (χ0) is 2.00. The van der Waals surface area contributed by atoms with Gasteiger partial charge in [0.1, 0.15) is 0 Å². The molecule has 0 bridgehead atoms. The third kappa shape index (κ3) is 24.2. The summed E-state index contributed by atoms with van der Waals surface area (Å²) in [7, 11) is 0. The quantitative estimate of drug-likeness (QED) is 0.329. The van der Waals surface area contributed by atoms with Crippen molar-refractivity contribution < 1.29 is 34.8 Å². The van der Waals surface area contributed by atoms with Gasteiger partial charge in [-0.15, -0.1) is 12.4 Å². The van der Waals surface area contributed by atoms with Crippen molar-refractivity contribution in [2.75, 3.05) is 0 Å². The molecule has 0 aliphatic heterocycles. The van der Waals surface area contributed by atoms with E-state index in [0.717, 1.165) is 0 Å². The summed E-state index contributed by atoms with van der Waals surface area (Å²) >= 11 is 1.17. The standard InChI is InChI=1S/Al.ClH.Na.O.H2S.H/h;1H;;;1H2;/q;;+1;;;-1. The van der Waals surface area contributed by atoms with Crippen LogP contribution >= 0.6 is 25.9 Å². The van der Waals surface area contributed by atoms with Crippen LogP contribution in [0.15, 0.2) is 0 Å². The van der Waals surface area contributed by atoms with Crippen molar-refractivity contribution in [2.24, 2.45) is 0 Å². The minimum atomic E-state index is 0. The average Bonchev–Trinajstić information content (AvgIpc) is 1.00. The van der Waals surface area contributed by atoms with Gasteiger partial charge in [-0.2, -0.15) is 13.5 Å². The Morgan fingerprint density at radius 2 is 1.40 bits per heavy atom. The summed E-state index contributed by atoms with van der Waals surface area (Å²) in [5.74, 6) is 0. The van der Waals surface area contributed by atoms with Gasteiger partial charge in [-0.3, -0.25) is 0 Å². The Bertz CT molecular complexity index is 15.5. The fourth-order valence-corrected chi connectivity index (χ4v) is 0. The fourth-order valence-electron chi connectivity index (χ4n) is 0. The van der Waals surface area contributed by atoms with E-state index in [0.29, 0.717) is 0 Å². The summed E-state index contributed by atoms with van der Waals surface area (Å²) in [6.45, 7) is 0. The molecule has 0 unspecified atom stereocenters. The first-order valence-electron chi connectivity index (χ1n) is 0.236. The first-order valence-corrected chi connectivity index (χ1v) is 0.707. The molecule has 1 radical (unpaired) electrons. The van der Waals surface area contributed by atoms with Gasteiger partial charge in [0.2, 0.25) is 0 Å². The average molecular weight is 138 g/mol. The molecule has 0 aliphatic rings. The van der Waals surface area contributed by atoms with Crippen molar-refractivity contribution >= 4 is 42.1 Å². The van der Waals surface area contributed by atoms with E-state index in [-0.39, 0.29) is 56.9 Å². The SMILES string of the molecule is Cl.S.[H-].[Na+].[O]=[Al]. The predicted octanol–water partition coefficient (Wildman–Crippen LogP) is -2.85. The zero-order valence-corrected chi connectivity index (χ0v) is 7.87. The molecule has 0 aromatic heterocycles. The van der Waals surface area contributed by atoms with Crippen LogP contribution in [0.5, 0.6) is 0 Å². The van der Waals surface area contributed by atoms with Gasteiger partial charge in [0.15, 0.2) is 0 Å². The van der Waals surface area contributed by atoms with E-state index in [1.54, 1.807) is 0 Å². The van der Waals surface area contributed by atoms with Crippen LogP contribution in [-0.2, 0) is 3.80 Å². The van der Waals surface area contributed by atoms with Crippen LogP contribution in [0.25, 0.3) is 0 Å². The zero-order valence-electron chi connectivity index (χ0n) is 3.89. The van der Waals surface area contributed by atoms with Crippen LogP contribution in [0.1, 0.15) is 1.43 Å². The summed E-state index contributed by atoms with van der Waals surface area (Å²) < 4.78 is 8.17. The molecule has 27 valence electrons. The molecule has 0 amide bonds. The van der Waals surface area contributed by atoms with Gasteiger partial charge in [-0.25, -0.2) is 0 Å². The molecule has 1 nitrogen and oxygen atoms in total. The molecular formula is H4AlClNaOS. The summed E-state index contributed by atoms with van der Waals surface area (Å²) in [5, 5.41) is 0. The van der Waals surface area contributed by atoms with Crippen LogP contribution < -0.4 is 29.6 Å². The Balaban J connectivity index is -0.000000000833. The van der Waals surface area contributed by atoms with Crippen molar-refractivity contribution in [3.63, 3.8) is 0 Å². The Morgan fingerprint density at radius 3 is 1.40 bits per heavy atom. The topological polar surface area (TPSA) is 17.1 Å². The van der Waals surface area contributed by atoms with Crippen molar-refractivity contribution in [1.29, 1.82) is 0 Å². The second kappa shape index (κ2) is 38.0. The molecule has 0 aromatic rings. The molecule has 0 rings (SSSR count). The molecule has 0 aromatic carbocycles. The molecule has 0 atom stereocenters. The Labute approximate surface area is 76.2 Å². The van der Waals surface area contributed by atoms with Gasteiger partial charge in [0.05, 0.1) is 0 Å². The molecule has 0 saturated heterocycles. The van der Waals surface area contributed by atoms with Crippen LogP contribution in [-0.4, -0.2) is 16.2 Å². The number of hydrogen-bond acceptors (Lipinski definition) is 1. The Kier molecular flexibility index (Phi) is 214. The van der Waals surface area contributed by atoms with Crippen LogP contribution in [0.2, 0.25) is 0 Å². The molecule has 5 heavy (non-hydrogen) atoms. The predicted molar refractivity (Wildman–Crippen MR) is 25.2 cm³/mol. The first kappa shape index (κ1) is 28.1. The summed E-state index contributed by atoms with van der Waals surface area (Å²) in [6.07, 6.45) is 0. The second-order valence-electron chi connectivity index (χ2n) is 0. The van der Waals surface area contributed by atoms with E-state index in [9.17, 15) is 0 Å². The van der Waals surface area contributed by atoms with Gasteiger partial charge >= 0.3 is 49.6 Å². The van der Waals surface area contributed by atoms with Gasteiger partial charge in [-0.1, -0.05) is 0 Å². The molecule has 0 N–H and O–H groups in total. The van der Waals surface area contributed by atoms with E-state index >= 15 is 0 Å². The maximum absolute atomic E-state index is 8.17. The van der Waals surface area contributed by atoms with Crippen molar-refractivity contribution in [3.8, 4) is 0 Å². The third-order valence-electron chi connectivity index (χ3n) is 0. The van der Waals surface area contributed by atoms with E-state index < -0.39 is 0 Å². The summed E-state index contributed by atoms with van der Waals surface area (Å²) in [6, 6.07) is 0. The van der Waals surface area contributed by atoms with Gasteiger partial charge in [0.25, 0.3) is 0 Å². The van der Waals surface area contributed by atoms with Crippen molar-refractivity contribution in [2.45, 2.75) is 0 Å². The molecule has 0 fully saturated rings. The van der Waals surface area contributed by atoms with Crippen LogP contribution in [0.3, 0.4) is 0 Å². The van der Waals surface area contributed by atoms with E-state index in [1.165, 1.54) is 16.2 Å². The van der Waals surface area contributed by atoms with Crippen molar-refractivity contribution in [1.82, 2.24) is 0 Å². The number of halogens is 1. The first-order chi connectivity index (χ1) is 1.00. The molecule has 5 heteroatoms. The van der Waals surface area contributed by atoms with Crippen molar-refractivity contribution in [3.05, 3.63) is 0 Å². The third-order valence-corrected chi connectivity index (χ3v) is 0. The fraction of sp³-hybridized carbons (Fsp3) is 0. The summed E-state index contributed by atoms with van der Waals surface area (Å²) in [5.41, 5.74) is 0.